The number of carbonyl (C=O) groups excluding carboxylic acids is 2. The zero-order chi connectivity index (χ0) is 42.2. The summed E-state index contributed by atoms with van der Waals surface area (Å²) in [5.41, 5.74) is 0. The van der Waals surface area contributed by atoms with Gasteiger partial charge in [0.05, 0.1) is 6.61 Å². The maximum atomic E-state index is 12.8. The third kappa shape index (κ3) is 26.7. The van der Waals surface area contributed by atoms with Gasteiger partial charge in [0.1, 0.15) is 43.2 Å². The summed E-state index contributed by atoms with van der Waals surface area (Å²) in [5.74, 6) is -1.16. The summed E-state index contributed by atoms with van der Waals surface area (Å²) in [5, 5.41) is 50.0. The summed E-state index contributed by atoms with van der Waals surface area (Å²) in [6, 6.07) is 0. The van der Waals surface area contributed by atoms with E-state index in [9.17, 15) is 44.6 Å². The molecule has 1 aliphatic rings. The smallest absolute Gasteiger partial charge is 0.462 e. The molecule has 0 bridgehead atoms. The van der Waals surface area contributed by atoms with Gasteiger partial charge in [-0.2, -0.15) is 0 Å². The van der Waals surface area contributed by atoms with Crippen molar-refractivity contribution in [3.8, 4) is 0 Å². The largest absolute Gasteiger partial charge is 0.472 e. The minimum atomic E-state index is -5.12. The second kappa shape index (κ2) is 33.9. The molecule has 0 spiro atoms. The van der Waals surface area contributed by atoms with Crippen molar-refractivity contribution in [2.75, 3.05) is 13.2 Å². The molecule has 332 valence electrons. The van der Waals surface area contributed by atoms with Crippen molar-refractivity contribution in [2.24, 2.45) is 0 Å². The molecule has 1 saturated carbocycles. The molecule has 0 aliphatic heterocycles. The van der Waals surface area contributed by atoms with Crippen LogP contribution in [0.15, 0.2) is 36.5 Å². The number of ether oxygens (including phenoxy) is 2. The lowest BCUT2D eigenvalue weighted by Crippen LogP contribution is -2.64. The van der Waals surface area contributed by atoms with Crippen molar-refractivity contribution in [3.63, 3.8) is 0 Å². The quantitative estimate of drug-likeness (QED) is 0.0156. The number of hydrogen-bond donors (Lipinski definition) is 6. The van der Waals surface area contributed by atoms with E-state index in [-0.39, 0.29) is 12.8 Å². The molecule has 6 N–H and O–H groups in total. The average Bonchev–Trinajstić information content (AvgIpc) is 3.19. The van der Waals surface area contributed by atoms with Crippen LogP contribution in [0.5, 0.6) is 0 Å². The van der Waals surface area contributed by atoms with Crippen LogP contribution < -0.4 is 0 Å². The van der Waals surface area contributed by atoms with Crippen molar-refractivity contribution in [3.05, 3.63) is 36.5 Å². The number of allylic oxidation sites excluding steroid dienone is 6. The number of phosphoric acid groups is 1. The van der Waals surface area contributed by atoms with Crippen LogP contribution in [-0.2, 0) is 32.7 Å². The second-order valence-corrected chi connectivity index (χ2v) is 16.6. The number of hydrogen-bond acceptors (Lipinski definition) is 12. The highest BCUT2D eigenvalue weighted by atomic mass is 31.2. The number of esters is 2. The molecule has 8 atom stereocenters. The molecule has 1 aliphatic carbocycles. The summed E-state index contributed by atoms with van der Waals surface area (Å²) >= 11 is 0. The third-order valence-corrected chi connectivity index (χ3v) is 10.9. The van der Waals surface area contributed by atoms with Gasteiger partial charge in [0.25, 0.3) is 0 Å². The van der Waals surface area contributed by atoms with Crippen LogP contribution >= 0.6 is 7.82 Å². The highest BCUT2D eigenvalue weighted by molar-refractivity contribution is 7.47. The minimum Gasteiger partial charge on any atom is -0.462 e. The first kappa shape index (κ1) is 53.1. The Labute approximate surface area is 342 Å². The zero-order valence-corrected chi connectivity index (χ0v) is 35.8. The van der Waals surface area contributed by atoms with Crippen LogP contribution in [0.2, 0.25) is 0 Å². The summed E-state index contributed by atoms with van der Waals surface area (Å²) in [4.78, 5) is 35.5. The molecule has 13 nitrogen and oxygen atoms in total. The fourth-order valence-corrected chi connectivity index (χ4v) is 7.34. The van der Waals surface area contributed by atoms with Crippen molar-refractivity contribution in [1.29, 1.82) is 0 Å². The Morgan fingerprint density at radius 2 is 0.982 bits per heavy atom. The highest BCUT2D eigenvalue weighted by Gasteiger charge is 2.51. The molecular formula is C43H77O13P. The Morgan fingerprint density at radius 1 is 0.544 bits per heavy atom. The van der Waals surface area contributed by atoms with E-state index < -0.39 is 75.7 Å². The van der Waals surface area contributed by atoms with E-state index in [1.807, 2.05) is 6.08 Å². The van der Waals surface area contributed by atoms with Crippen molar-refractivity contribution < 1.29 is 63.1 Å². The van der Waals surface area contributed by atoms with Gasteiger partial charge < -0.3 is 39.9 Å². The van der Waals surface area contributed by atoms with E-state index in [1.54, 1.807) is 0 Å². The number of unbranched alkanes of at least 4 members (excludes halogenated alkanes) is 17. The van der Waals surface area contributed by atoms with Gasteiger partial charge in [-0.05, 0) is 57.8 Å². The van der Waals surface area contributed by atoms with Crippen LogP contribution in [-0.4, -0.2) is 98.3 Å². The lowest BCUT2D eigenvalue weighted by atomic mass is 9.85. The van der Waals surface area contributed by atoms with Gasteiger partial charge in [-0.15, -0.1) is 0 Å². The van der Waals surface area contributed by atoms with Gasteiger partial charge in [-0.1, -0.05) is 134 Å². The first-order chi connectivity index (χ1) is 27.4. The van der Waals surface area contributed by atoms with Crippen LogP contribution in [0.1, 0.15) is 168 Å². The summed E-state index contributed by atoms with van der Waals surface area (Å²) < 4.78 is 33.4. The third-order valence-electron chi connectivity index (χ3n) is 9.95. The van der Waals surface area contributed by atoms with E-state index in [0.29, 0.717) is 19.3 Å². The van der Waals surface area contributed by atoms with E-state index in [1.165, 1.54) is 70.6 Å². The standard InChI is InChI=1S/C43H77O13P/c1-3-5-7-9-11-13-15-16-17-18-19-20-22-23-25-27-29-31-36(44)53-33-35(55-37(45)32-30-28-26-24-21-14-12-10-8-6-4-2)34-54-57(51,52)56-43-41(49)39(47)38(46)40(48)42(43)50/h10,12,19-20,23,25,35,38-43,46-50H,3-9,11,13-18,21-22,24,26-34H2,1-2H3,(H,51,52)/b12-10+,20-19+,25-23+/t35-,38?,39-,40?,41?,42?,43?/m0/s1. The predicted octanol–water partition coefficient (Wildman–Crippen LogP) is 7.83. The van der Waals surface area contributed by atoms with Crippen LogP contribution in [0, 0.1) is 0 Å². The van der Waals surface area contributed by atoms with Gasteiger partial charge in [0.15, 0.2) is 6.10 Å². The first-order valence-electron chi connectivity index (χ1n) is 21.8. The molecule has 0 aromatic carbocycles. The van der Waals surface area contributed by atoms with Crippen LogP contribution in [0.3, 0.4) is 0 Å². The van der Waals surface area contributed by atoms with Gasteiger partial charge in [0.2, 0.25) is 0 Å². The maximum Gasteiger partial charge on any atom is 0.472 e. The monoisotopic (exact) mass is 833 g/mol. The number of rotatable bonds is 35. The average molecular weight is 833 g/mol. The van der Waals surface area contributed by atoms with Gasteiger partial charge in [-0.3, -0.25) is 18.6 Å². The predicted molar refractivity (Wildman–Crippen MR) is 221 cm³/mol. The van der Waals surface area contributed by atoms with E-state index in [2.05, 4.69) is 44.2 Å². The number of aliphatic hydroxyl groups is 5. The lowest BCUT2D eigenvalue weighted by molar-refractivity contribution is -0.220. The van der Waals surface area contributed by atoms with E-state index in [4.69, 9.17) is 18.5 Å². The molecule has 0 radical (unpaired) electrons. The van der Waals surface area contributed by atoms with Crippen molar-refractivity contribution >= 4 is 19.8 Å². The summed E-state index contributed by atoms with van der Waals surface area (Å²) in [7, 11) is -5.12. The number of carbonyl (C=O) groups is 2. The normalized spacial score (nSPS) is 23.0. The number of phosphoric ester groups is 1. The molecule has 14 heteroatoms. The number of aliphatic hydroxyl groups excluding tert-OH is 5. The Balaban J connectivity index is 2.50. The fraction of sp³-hybridized carbons (Fsp3) is 0.814. The minimum absolute atomic E-state index is 0.0774. The molecule has 0 heterocycles. The first-order valence-corrected chi connectivity index (χ1v) is 23.3. The SMILES string of the molecule is CCCC/C=C/CCCCCCCC(=O)O[C@@H](COC(=O)CCC/C=C/C/C=C/CCCCCCCCCCC)COP(=O)(O)OC1C(O)C(O)C(O)[C@H](O)C1O. The van der Waals surface area contributed by atoms with Gasteiger partial charge in [-0.25, -0.2) is 4.57 Å². The maximum absolute atomic E-state index is 12.8. The molecule has 0 aromatic heterocycles. The molecule has 0 saturated heterocycles. The molecular weight excluding hydrogens is 755 g/mol. The van der Waals surface area contributed by atoms with Crippen molar-refractivity contribution in [2.45, 2.75) is 211 Å². The zero-order valence-electron chi connectivity index (χ0n) is 34.9. The Morgan fingerprint density at radius 3 is 1.54 bits per heavy atom. The van der Waals surface area contributed by atoms with Crippen molar-refractivity contribution in [1.82, 2.24) is 0 Å². The lowest BCUT2D eigenvalue weighted by Gasteiger charge is -2.41. The molecule has 1 fully saturated rings. The fourth-order valence-electron chi connectivity index (χ4n) is 6.37. The molecule has 1 rings (SSSR count). The van der Waals surface area contributed by atoms with Gasteiger partial charge in [0, 0.05) is 12.8 Å². The Hall–Kier alpha value is -1.93. The van der Waals surface area contributed by atoms with Crippen LogP contribution in [0.25, 0.3) is 0 Å². The van der Waals surface area contributed by atoms with Crippen LogP contribution in [0.4, 0.5) is 0 Å². The molecule has 57 heavy (non-hydrogen) atoms. The topological polar surface area (TPSA) is 210 Å². The molecule has 0 amide bonds. The summed E-state index contributed by atoms with van der Waals surface area (Å²) in [6.07, 6.45) is 23.7. The Kier molecular flexibility index (Phi) is 31.5. The van der Waals surface area contributed by atoms with E-state index in [0.717, 1.165) is 51.4 Å². The van der Waals surface area contributed by atoms with Gasteiger partial charge >= 0.3 is 19.8 Å². The Bertz CT molecular complexity index is 1150. The van der Waals surface area contributed by atoms with E-state index >= 15 is 0 Å². The second-order valence-electron chi connectivity index (χ2n) is 15.2. The molecule has 6 unspecified atom stereocenters. The highest BCUT2D eigenvalue weighted by Crippen LogP contribution is 2.47. The molecule has 0 aromatic rings. The summed E-state index contributed by atoms with van der Waals surface area (Å²) in [6.45, 7) is 3.19.